The van der Waals surface area contributed by atoms with E-state index in [-0.39, 0.29) is 21.8 Å². The topological polar surface area (TPSA) is 105 Å². The van der Waals surface area contributed by atoms with Gasteiger partial charge in [-0.15, -0.1) is 0 Å². The minimum atomic E-state index is -3.91. The number of fused-ring (bicyclic) bond motifs is 1. The number of amides is 1. The summed E-state index contributed by atoms with van der Waals surface area (Å²) in [5, 5.41) is 0.879. The average molecular weight is 448 g/mol. The van der Waals surface area contributed by atoms with Crippen molar-refractivity contribution >= 4 is 44.1 Å². The molecule has 0 unspecified atom stereocenters. The van der Waals surface area contributed by atoms with Gasteiger partial charge in [-0.05, 0) is 30.3 Å². The van der Waals surface area contributed by atoms with Crippen molar-refractivity contribution in [3.63, 3.8) is 0 Å². The number of nitrogens with two attached hydrogens (primary N) is 1. The summed E-state index contributed by atoms with van der Waals surface area (Å²) in [5.41, 5.74) is 5.90. The van der Waals surface area contributed by atoms with Gasteiger partial charge in [-0.1, -0.05) is 36.7 Å². The first-order chi connectivity index (χ1) is 14.2. The first kappa shape index (κ1) is 20.7. The Hall–Kier alpha value is -2.55. The number of H-pyrrole nitrogens is 1. The summed E-state index contributed by atoms with van der Waals surface area (Å²) in [6.07, 6.45) is 0. The summed E-state index contributed by atoms with van der Waals surface area (Å²) in [5.74, 6) is -0.235. The predicted molar refractivity (Wildman–Crippen MR) is 116 cm³/mol. The number of rotatable bonds is 7. The highest BCUT2D eigenvalue weighted by Crippen LogP contribution is 2.39. The van der Waals surface area contributed by atoms with Crippen LogP contribution in [-0.4, -0.2) is 45.6 Å². The Morgan fingerprint density at radius 3 is 2.53 bits per heavy atom. The van der Waals surface area contributed by atoms with Gasteiger partial charge >= 0.3 is 0 Å². The van der Waals surface area contributed by atoms with Gasteiger partial charge < -0.3 is 20.4 Å². The zero-order valence-electron chi connectivity index (χ0n) is 16.4. The molecule has 2 heterocycles. The van der Waals surface area contributed by atoms with Crippen LogP contribution >= 0.6 is 11.6 Å². The van der Waals surface area contributed by atoms with Crippen LogP contribution in [0.15, 0.2) is 58.3 Å². The third-order valence-corrected chi connectivity index (χ3v) is 7.23. The quantitative estimate of drug-likeness (QED) is 0.579. The van der Waals surface area contributed by atoms with Crippen LogP contribution in [0.3, 0.4) is 0 Å². The fraction of sp³-hybridized carbons (Fsp3) is 0.286. The molecule has 158 valence electrons. The Kier molecular flexibility index (Phi) is 5.25. The normalized spacial score (nSPS) is 15.7. The van der Waals surface area contributed by atoms with E-state index in [9.17, 15) is 13.2 Å². The van der Waals surface area contributed by atoms with Gasteiger partial charge in [0.15, 0.2) is 0 Å². The third kappa shape index (κ3) is 3.78. The maximum atomic E-state index is 13.6. The number of benzene rings is 2. The second kappa shape index (κ2) is 7.61. The van der Waals surface area contributed by atoms with E-state index in [1.165, 1.54) is 0 Å². The number of aromatic nitrogens is 1. The molecule has 9 heteroatoms. The average Bonchev–Trinajstić information content (AvgIpc) is 3.06. The highest BCUT2D eigenvalue weighted by molar-refractivity contribution is 7.92. The minimum Gasteiger partial charge on any atom is -0.380 e. The second-order valence-electron chi connectivity index (χ2n) is 7.93. The molecule has 1 aromatic heterocycles. The second-order valence-corrected chi connectivity index (χ2v) is 10.3. The molecule has 0 spiro atoms. The first-order valence-corrected chi connectivity index (χ1v) is 11.3. The molecule has 0 bridgehead atoms. The lowest BCUT2D eigenvalue weighted by Gasteiger charge is -2.42. The number of carbonyl (C=O) groups excluding carboxylic acids is 1. The molecule has 0 aliphatic carbocycles. The smallest absolute Gasteiger partial charge is 0.236 e. The summed E-state index contributed by atoms with van der Waals surface area (Å²) in [4.78, 5) is 16.9. The molecule has 1 fully saturated rings. The van der Waals surface area contributed by atoms with E-state index in [2.05, 4.69) is 4.98 Å². The van der Waals surface area contributed by atoms with E-state index in [0.29, 0.717) is 41.5 Å². The number of anilines is 1. The Balaban J connectivity index is 1.94. The first-order valence-electron chi connectivity index (χ1n) is 9.42. The van der Waals surface area contributed by atoms with Crippen molar-refractivity contribution in [3.05, 3.63) is 53.6 Å². The summed E-state index contributed by atoms with van der Waals surface area (Å²) in [6, 6.07) is 13.2. The molecule has 4 rings (SSSR count). The van der Waals surface area contributed by atoms with Gasteiger partial charge in [-0.3, -0.25) is 4.79 Å². The number of primary amides is 1. The van der Waals surface area contributed by atoms with E-state index in [0.717, 1.165) is 0 Å². The predicted octanol–water partition coefficient (Wildman–Crippen LogP) is 2.98. The summed E-state index contributed by atoms with van der Waals surface area (Å²) < 4.78 is 32.6. The van der Waals surface area contributed by atoms with Crippen LogP contribution < -0.4 is 10.6 Å². The molecule has 1 amide bonds. The largest absolute Gasteiger partial charge is 0.380 e. The van der Waals surface area contributed by atoms with Crippen molar-refractivity contribution in [3.8, 4) is 0 Å². The van der Waals surface area contributed by atoms with Crippen molar-refractivity contribution in [2.45, 2.75) is 16.7 Å². The highest BCUT2D eigenvalue weighted by Gasteiger charge is 2.38. The van der Waals surface area contributed by atoms with Gasteiger partial charge in [0.05, 0.1) is 24.7 Å². The number of sulfone groups is 1. The van der Waals surface area contributed by atoms with Crippen LogP contribution in [0.1, 0.15) is 6.92 Å². The molecule has 0 atom stereocenters. The number of hydrogen-bond donors (Lipinski definition) is 2. The van der Waals surface area contributed by atoms with E-state index in [1.54, 1.807) is 53.4 Å². The zero-order chi connectivity index (χ0) is 21.5. The molecule has 1 aliphatic rings. The Morgan fingerprint density at radius 1 is 1.23 bits per heavy atom. The molecule has 1 saturated heterocycles. The summed E-state index contributed by atoms with van der Waals surface area (Å²) in [7, 11) is -3.91. The Labute approximate surface area is 179 Å². The van der Waals surface area contributed by atoms with E-state index < -0.39 is 15.7 Å². The zero-order valence-corrected chi connectivity index (χ0v) is 18.0. The van der Waals surface area contributed by atoms with E-state index in [4.69, 9.17) is 22.1 Å². The molecule has 3 aromatic rings. The number of aromatic amines is 1. The van der Waals surface area contributed by atoms with Crippen LogP contribution in [0, 0.1) is 5.41 Å². The van der Waals surface area contributed by atoms with E-state index in [1.807, 2.05) is 6.92 Å². The Bertz CT molecular complexity index is 1200. The highest BCUT2D eigenvalue weighted by atomic mass is 35.5. The fourth-order valence-corrected chi connectivity index (χ4v) is 5.56. The lowest BCUT2D eigenvalue weighted by Crippen LogP contribution is -2.50. The van der Waals surface area contributed by atoms with Crippen LogP contribution in [0.25, 0.3) is 10.9 Å². The number of halogens is 1. The molecule has 1 aliphatic heterocycles. The van der Waals surface area contributed by atoms with Gasteiger partial charge in [0.25, 0.3) is 0 Å². The van der Waals surface area contributed by atoms with Crippen LogP contribution in [-0.2, 0) is 19.4 Å². The maximum Gasteiger partial charge on any atom is 0.236 e. The van der Waals surface area contributed by atoms with Crippen LogP contribution in [0.5, 0.6) is 0 Å². The minimum absolute atomic E-state index is 0.0799. The third-order valence-electron chi connectivity index (χ3n) is 5.15. The lowest BCUT2D eigenvalue weighted by atomic mass is 9.88. The van der Waals surface area contributed by atoms with E-state index >= 15 is 0 Å². The van der Waals surface area contributed by atoms with Gasteiger partial charge in [0.1, 0.15) is 10.7 Å². The summed E-state index contributed by atoms with van der Waals surface area (Å²) in [6.45, 7) is 3.35. The molecule has 0 saturated carbocycles. The lowest BCUT2D eigenvalue weighted by molar-refractivity contribution is -0.117. The standard InChI is InChI=1S/C21H22ClN3O4S/c1-21(12-29-13-21)11-25(10-18(23)26)20-19(16-9-14(22)7-8-17(16)24-20)30(27,28)15-5-3-2-4-6-15/h2-9,24H,10-13H2,1H3,(H2,23,26). The monoisotopic (exact) mass is 447 g/mol. The van der Waals surface area contributed by atoms with Crippen molar-refractivity contribution in [2.24, 2.45) is 11.1 Å². The van der Waals surface area contributed by atoms with Gasteiger partial charge in [-0.2, -0.15) is 0 Å². The molecular weight excluding hydrogens is 426 g/mol. The molecule has 30 heavy (non-hydrogen) atoms. The maximum absolute atomic E-state index is 13.6. The van der Waals surface area contributed by atoms with Gasteiger partial charge in [-0.25, -0.2) is 8.42 Å². The van der Waals surface area contributed by atoms with Crippen molar-refractivity contribution in [1.82, 2.24) is 4.98 Å². The number of hydrogen-bond acceptors (Lipinski definition) is 5. The number of ether oxygens (including phenoxy) is 1. The SMILES string of the molecule is CC1(CN(CC(N)=O)c2[nH]c3ccc(Cl)cc3c2S(=O)(=O)c2ccccc2)COC1. The van der Waals surface area contributed by atoms with Crippen LogP contribution in [0.4, 0.5) is 5.82 Å². The molecule has 0 radical (unpaired) electrons. The molecule has 7 nitrogen and oxygen atoms in total. The number of nitrogens with one attached hydrogen (secondary N) is 1. The molecular formula is C21H22ClN3O4S. The summed E-state index contributed by atoms with van der Waals surface area (Å²) >= 11 is 6.18. The van der Waals surface area contributed by atoms with Gasteiger partial charge in [0.2, 0.25) is 15.7 Å². The number of carbonyl (C=O) groups is 1. The van der Waals surface area contributed by atoms with Gasteiger partial charge in [0, 0.05) is 27.9 Å². The van der Waals surface area contributed by atoms with Crippen LogP contribution in [0.2, 0.25) is 5.02 Å². The van der Waals surface area contributed by atoms with Crippen molar-refractivity contribution in [1.29, 1.82) is 0 Å². The molecule has 3 N–H and O–H groups in total. The Morgan fingerprint density at radius 2 is 1.93 bits per heavy atom. The van der Waals surface area contributed by atoms with Crippen molar-refractivity contribution < 1.29 is 17.9 Å². The fourth-order valence-electron chi connectivity index (χ4n) is 3.74. The van der Waals surface area contributed by atoms with Crippen molar-refractivity contribution in [2.75, 3.05) is 31.2 Å². The molecule has 2 aromatic carbocycles. The number of nitrogens with zero attached hydrogens (tertiary/aromatic N) is 1.